The Hall–Kier alpha value is -4.26. The van der Waals surface area contributed by atoms with Crippen molar-refractivity contribution in [3.63, 3.8) is 0 Å². The van der Waals surface area contributed by atoms with Gasteiger partial charge in [0.2, 0.25) is 0 Å². The number of imide groups is 1. The lowest BCUT2D eigenvalue weighted by molar-refractivity contribution is -0.120. The van der Waals surface area contributed by atoms with Gasteiger partial charge in [-0.1, -0.05) is 23.8 Å². The van der Waals surface area contributed by atoms with Crippen molar-refractivity contribution in [3.8, 4) is 17.2 Å². The fourth-order valence-corrected chi connectivity index (χ4v) is 4.22. The molecule has 7 nitrogen and oxygen atoms in total. The minimum atomic E-state index is -0.431. The third-order valence-electron chi connectivity index (χ3n) is 5.88. The van der Waals surface area contributed by atoms with E-state index in [1.54, 1.807) is 49.6 Å². The number of fused-ring (bicyclic) bond motifs is 1. The number of aryl methyl sites for hydroxylation is 2. The summed E-state index contributed by atoms with van der Waals surface area (Å²) in [5.41, 5.74) is 4.33. The summed E-state index contributed by atoms with van der Waals surface area (Å²) in [6, 6.07) is 18.0. The highest BCUT2D eigenvalue weighted by atomic mass is 16.6. The molecule has 2 aliphatic heterocycles. The molecule has 2 amide bonds. The zero-order valence-corrected chi connectivity index (χ0v) is 19.2. The van der Waals surface area contributed by atoms with Crippen LogP contribution in [0.15, 0.2) is 66.4 Å². The Morgan fingerprint density at radius 1 is 0.853 bits per heavy atom. The smallest absolute Gasteiger partial charge is 0.282 e. The Labute approximate surface area is 197 Å². The molecule has 3 aromatic carbocycles. The first-order chi connectivity index (χ1) is 16.5. The summed E-state index contributed by atoms with van der Waals surface area (Å²) in [5.74, 6) is 1.06. The van der Waals surface area contributed by atoms with Crippen molar-refractivity contribution >= 4 is 28.8 Å². The van der Waals surface area contributed by atoms with Gasteiger partial charge < -0.3 is 19.5 Å². The number of methoxy groups -OCH3 is 1. The van der Waals surface area contributed by atoms with Crippen LogP contribution in [0.2, 0.25) is 0 Å². The van der Waals surface area contributed by atoms with E-state index < -0.39 is 5.91 Å². The number of hydrogen-bond donors (Lipinski definition) is 1. The van der Waals surface area contributed by atoms with Crippen LogP contribution >= 0.6 is 0 Å². The van der Waals surface area contributed by atoms with Gasteiger partial charge in [0, 0.05) is 11.8 Å². The van der Waals surface area contributed by atoms with Crippen molar-refractivity contribution in [2.45, 2.75) is 13.8 Å². The monoisotopic (exact) mass is 456 g/mol. The molecule has 1 N–H and O–H groups in total. The second kappa shape index (κ2) is 8.59. The molecule has 0 saturated carbocycles. The molecule has 0 atom stereocenters. The van der Waals surface area contributed by atoms with Crippen LogP contribution in [0, 0.1) is 13.8 Å². The molecule has 34 heavy (non-hydrogen) atoms. The van der Waals surface area contributed by atoms with E-state index in [9.17, 15) is 9.59 Å². The van der Waals surface area contributed by atoms with Crippen LogP contribution in [0.5, 0.6) is 17.2 Å². The van der Waals surface area contributed by atoms with Gasteiger partial charge >= 0.3 is 0 Å². The summed E-state index contributed by atoms with van der Waals surface area (Å²) in [5, 5.41) is 3.19. The highest BCUT2D eigenvalue weighted by Gasteiger charge is 2.40. The molecule has 2 heterocycles. The molecule has 0 unspecified atom stereocenters. The van der Waals surface area contributed by atoms with Crippen LogP contribution < -0.4 is 24.4 Å². The van der Waals surface area contributed by atoms with E-state index in [2.05, 4.69) is 5.32 Å². The second-order valence-corrected chi connectivity index (χ2v) is 8.20. The fourth-order valence-electron chi connectivity index (χ4n) is 4.22. The predicted octanol–water partition coefficient (Wildman–Crippen LogP) is 4.48. The van der Waals surface area contributed by atoms with Crippen molar-refractivity contribution in [1.29, 1.82) is 0 Å². The molecule has 0 fully saturated rings. The SMILES string of the molecule is COc1ccc(N2C(=O)C(Nc3ccc4c(c3)OCCO4)=C(c3ccc(C)cc3C)C2=O)cc1. The van der Waals surface area contributed by atoms with Crippen LogP contribution in [0.25, 0.3) is 5.57 Å². The van der Waals surface area contributed by atoms with Crippen LogP contribution in [0.1, 0.15) is 16.7 Å². The number of anilines is 2. The molecule has 2 aliphatic rings. The first kappa shape index (κ1) is 21.6. The van der Waals surface area contributed by atoms with Gasteiger partial charge in [-0.2, -0.15) is 0 Å². The minimum Gasteiger partial charge on any atom is -0.497 e. The summed E-state index contributed by atoms with van der Waals surface area (Å²) in [7, 11) is 1.57. The molecule has 0 aromatic heterocycles. The summed E-state index contributed by atoms with van der Waals surface area (Å²) >= 11 is 0. The molecule has 7 heteroatoms. The number of nitrogens with one attached hydrogen (secondary N) is 1. The van der Waals surface area contributed by atoms with Crippen LogP contribution in [-0.2, 0) is 9.59 Å². The van der Waals surface area contributed by atoms with Gasteiger partial charge in [0.05, 0.1) is 18.4 Å². The lowest BCUT2D eigenvalue weighted by Gasteiger charge is -2.19. The topological polar surface area (TPSA) is 77.1 Å². The average molecular weight is 456 g/mol. The lowest BCUT2D eigenvalue weighted by Crippen LogP contribution is -2.32. The Morgan fingerprint density at radius 2 is 1.59 bits per heavy atom. The van der Waals surface area contributed by atoms with E-state index in [1.807, 2.05) is 32.0 Å². The highest BCUT2D eigenvalue weighted by Crippen LogP contribution is 2.38. The average Bonchev–Trinajstić information content (AvgIpc) is 3.08. The van der Waals surface area contributed by atoms with Crippen LogP contribution in [0.3, 0.4) is 0 Å². The highest BCUT2D eigenvalue weighted by molar-refractivity contribution is 6.46. The van der Waals surface area contributed by atoms with Gasteiger partial charge in [-0.3, -0.25) is 9.59 Å². The molecule has 3 aromatic rings. The number of rotatable bonds is 5. The van der Waals surface area contributed by atoms with Gasteiger partial charge in [0.25, 0.3) is 11.8 Å². The van der Waals surface area contributed by atoms with E-state index >= 15 is 0 Å². The van der Waals surface area contributed by atoms with Gasteiger partial charge in [0.1, 0.15) is 24.7 Å². The zero-order chi connectivity index (χ0) is 23.8. The number of carbonyl (C=O) groups is 2. The van der Waals surface area contributed by atoms with Crippen molar-refractivity contribution in [2.75, 3.05) is 30.5 Å². The second-order valence-electron chi connectivity index (χ2n) is 8.20. The molecule has 0 spiro atoms. The molecule has 0 aliphatic carbocycles. The van der Waals surface area contributed by atoms with Crippen molar-refractivity contribution in [1.82, 2.24) is 0 Å². The third-order valence-corrected chi connectivity index (χ3v) is 5.88. The molecule has 5 rings (SSSR count). The van der Waals surface area contributed by atoms with E-state index in [0.29, 0.717) is 53.0 Å². The molecule has 0 bridgehead atoms. The maximum atomic E-state index is 13.7. The van der Waals surface area contributed by atoms with Gasteiger partial charge in [-0.05, 0) is 61.4 Å². The van der Waals surface area contributed by atoms with E-state index in [-0.39, 0.29) is 11.6 Å². The Bertz CT molecular complexity index is 1330. The quantitative estimate of drug-likeness (QED) is 0.571. The van der Waals surface area contributed by atoms with Gasteiger partial charge in [0.15, 0.2) is 11.5 Å². The van der Waals surface area contributed by atoms with Gasteiger partial charge in [-0.15, -0.1) is 0 Å². The number of ether oxygens (including phenoxy) is 3. The van der Waals surface area contributed by atoms with Crippen LogP contribution in [-0.4, -0.2) is 32.1 Å². The summed E-state index contributed by atoms with van der Waals surface area (Å²) in [4.78, 5) is 28.5. The normalized spacial score (nSPS) is 15.1. The predicted molar refractivity (Wildman–Crippen MR) is 129 cm³/mol. The minimum absolute atomic E-state index is 0.212. The van der Waals surface area contributed by atoms with Crippen molar-refractivity contribution in [3.05, 3.63) is 83.1 Å². The summed E-state index contributed by atoms with van der Waals surface area (Å²) in [6.07, 6.45) is 0. The first-order valence-corrected chi connectivity index (χ1v) is 11.0. The maximum absolute atomic E-state index is 13.7. The Morgan fingerprint density at radius 3 is 2.29 bits per heavy atom. The molecular formula is C27H24N2O5. The molecule has 0 radical (unpaired) electrons. The molecular weight excluding hydrogens is 432 g/mol. The summed E-state index contributed by atoms with van der Waals surface area (Å²) < 4.78 is 16.5. The third kappa shape index (κ3) is 3.75. The van der Waals surface area contributed by atoms with Crippen LogP contribution in [0.4, 0.5) is 11.4 Å². The number of hydrogen-bond acceptors (Lipinski definition) is 6. The van der Waals surface area contributed by atoms with Crippen molar-refractivity contribution < 1.29 is 23.8 Å². The Kier molecular flexibility index (Phi) is 5.45. The number of carbonyl (C=O) groups excluding carboxylic acids is 2. The summed E-state index contributed by atoms with van der Waals surface area (Å²) in [6.45, 7) is 4.87. The van der Waals surface area contributed by atoms with E-state index in [1.165, 1.54) is 4.90 Å². The lowest BCUT2D eigenvalue weighted by atomic mass is 9.97. The van der Waals surface area contributed by atoms with E-state index in [4.69, 9.17) is 14.2 Å². The van der Waals surface area contributed by atoms with Crippen molar-refractivity contribution in [2.24, 2.45) is 0 Å². The number of amides is 2. The van der Waals surface area contributed by atoms with E-state index in [0.717, 1.165) is 11.1 Å². The Balaban J connectivity index is 1.59. The first-order valence-electron chi connectivity index (χ1n) is 11.0. The number of nitrogens with zero attached hydrogens (tertiary/aromatic N) is 1. The molecule has 0 saturated heterocycles. The van der Waals surface area contributed by atoms with Gasteiger partial charge in [-0.25, -0.2) is 4.90 Å². The standard InChI is InChI=1S/C27H24N2O5/c1-16-4-10-21(17(2)14-16)24-25(28-18-5-11-22-23(15-18)34-13-12-33-22)27(31)29(26(24)30)19-6-8-20(32-3)9-7-19/h4-11,14-15,28H,12-13H2,1-3H3. The maximum Gasteiger partial charge on any atom is 0.282 e. The fraction of sp³-hybridized carbons (Fsp3) is 0.185. The number of benzene rings is 3. The zero-order valence-electron chi connectivity index (χ0n) is 19.2. The largest absolute Gasteiger partial charge is 0.497 e. The molecule has 172 valence electrons.